The first-order valence-corrected chi connectivity index (χ1v) is 11.2. The molecule has 0 N–H and O–H groups in total. The summed E-state index contributed by atoms with van der Waals surface area (Å²) in [7, 11) is 0. The van der Waals surface area contributed by atoms with Gasteiger partial charge in [-0.25, -0.2) is 9.78 Å². The van der Waals surface area contributed by atoms with E-state index in [-0.39, 0.29) is 12.3 Å². The molecule has 0 fully saturated rings. The lowest BCUT2D eigenvalue weighted by Crippen LogP contribution is -2.42. The Morgan fingerprint density at radius 2 is 1.76 bits per heavy atom. The van der Waals surface area contributed by atoms with Gasteiger partial charge in [0, 0.05) is 18.5 Å². The number of benzene rings is 2. The quantitative estimate of drug-likeness (QED) is 0.410. The summed E-state index contributed by atoms with van der Waals surface area (Å²) in [4.78, 5) is 44.3. The van der Waals surface area contributed by atoms with Crippen LogP contribution in [0.4, 0.5) is 0 Å². The molecule has 0 atom stereocenters. The first kappa shape index (κ1) is 21.7. The molecule has 174 valence electrons. The number of aromatic nitrogens is 4. The highest BCUT2D eigenvalue weighted by molar-refractivity contribution is 5.96. The number of ether oxygens (including phenoxy) is 2. The van der Waals surface area contributed by atoms with Gasteiger partial charge in [-0.2, -0.15) is 0 Å². The zero-order chi connectivity index (χ0) is 23.7. The second-order valence-electron chi connectivity index (χ2n) is 8.08. The number of hydrogen-bond donors (Lipinski definition) is 0. The minimum atomic E-state index is -0.578. The summed E-state index contributed by atoms with van der Waals surface area (Å²) >= 11 is 0. The third-order valence-corrected chi connectivity index (χ3v) is 5.88. The molecule has 5 rings (SSSR count). The maximum Gasteiger partial charge on any atom is 0.333 e. The zero-order valence-electron chi connectivity index (χ0n) is 18.8. The molecule has 0 radical (unpaired) electrons. The standard InChI is InChI=1S/C25H24N4O5/c1-2-27-16-26-23-22(27)24(31)29(25(32)28(23)14-17-7-4-3-5-8-17)15-19(30)18-9-10-20-21(13-18)34-12-6-11-33-20/h3-5,7-10,13,16H,2,6,11-12,14-15H2,1H3. The second kappa shape index (κ2) is 9.01. The van der Waals surface area contributed by atoms with E-state index >= 15 is 0 Å². The molecule has 2 aromatic carbocycles. The molecule has 0 unspecified atom stereocenters. The number of nitrogens with zero attached hydrogens (tertiary/aromatic N) is 4. The molecule has 0 aliphatic carbocycles. The van der Waals surface area contributed by atoms with Crippen LogP contribution in [0.2, 0.25) is 0 Å². The Bertz CT molecular complexity index is 1480. The molecule has 0 bridgehead atoms. The van der Waals surface area contributed by atoms with Gasteiger partial charge >= 0.3 is 5.69 Å². The van der Waals surface area contributed by atoms with Gasteiger partial charge in [-0.3, -0.25) is 18.7 Å². The van der Waals surface area contributed by atoms with Crippen LogP contribution in [0.1, 0.15) is 29.3 Å². The molecule has 9 nitrogen and oxygen atoms in total. The van der Waals surface area contributed by atoms with Crippen molar-refractivity contribution in [1.82, 2.24) is 18.7 Å². The number of carbonyl (C=O) groups excluding carboxylic acids is 1. The van der Waals surface area contributed by atoms with Crippen molar-refractivity contribution in [2.45, 2.75) is 33.0 Å². The van der Waals surface area contributed by atoms with E-state index < -0.39 is 17.8 Å². The smallest absolute Gasteiger partial charge is 0.333 e. The molecule has 0 saturated carbocycles. The Labute approximate surface area is 194 Å². The van der Waals surface area contributed by atoms with E-state index in [1.54, 1.807) is 29.1 Å². The van der Waals surface area contributed by atoms with Gasteiger partial charge in [0.15, 0.2) is 28.4 Å². The number of rotatable bonds is 6. The Morgan fingerprint density at radius 1 is 1.00 bits per heavy atom. The fraction of sp³-hybridized carbons (Fsp3) is 0.280. The molecule has 0 amide bonds. The minimum Gasteiger partial charge on any atom is -0.490 e. The predicted octanol–water partition coefficient (Wildman–Crippen LogP) is 2.47. The molecule has 9 heteroatoms. The maximum absolute atomic E-state index is 13.4. The van der Waals surface area contributed by atoms with Gasteiger partial charge in [0.05, 0.1) is 32.6 Å². The Kier molecular flexibility index (Phi) is 5.75. The van der Waals surface area contributed by atoms with E-state index in [1.807, 2.05) is 37.3 Å². The number of Topliss-reactive ketones (excluding diaryl/α,β-unsaturated/α-hetero) is 1. The van der Waals surface area contributed by atoms with Crippen LogP contribution in [0, 0.1) is 0 Å². The topological polar surface area (TPSA) is 97.4 Å². The molecule has 3 heterocycles. The minimum absolute atomic E-state index is 0.232. The van der Waals surface area contributed by atoms with E-state index in [9.17, 15) is 14.4 Å². The van der Waals surface area contributed by atoms with Crippen molar-refractivity contribution in [2.75, 3.05) is 13.2 Å². The molecule has 1 aliphatic heterocycles. The molecule has 1 aliphatic rings. The highest BCUT2D eigenvalue weighted by Crippen LogP contribution is 2.30. The number of imidazole rings is 1. The second-order valence-corrected chi connectivity index (χ2v) is 8.08. The van der Waals surface area contributed by atoms with E-state index in [4.69, 9.17) is 9.47 Å². The highest BCUT2D eigenvalue weighted by atomic mass is 16.5. The lowest BCUT2D eigenvalue weighted by atomic mass is 10.1. The third-order valence-electron chi connectivity index (χ3n) is 5.88. The maximum atomic E-state index is 13.4. The Hall–Kier alpha value is -4.14. The van der Waals surface area contributed by atoms with Crippen LogP contribution >= 0.6 is 0 Å². The summed E-state index contributed by atoms with van der Waals surface area (Å²) in [6, 6.07) is 14.4. The Morgan fingerprint density at radius 3 is 2.53 bits per heavy atom. The Balaban J connectivity index is 1.58. The summed E-state index contributed by atoms with van der Waals surface area (Å²) in [5.74, 6) is 0.685. The monoisotopic (exact) mass is 460 g/mol. The number of ketones is 1. The highest BCUT2D eigenvalue weighted by Gasteiger charge is 2.21. The normalized spacial score (nSPS) is 13.1. The van der Waals surface area contributed by atoms with Crippen LogP contribution < -0.4 is 20.7 Å². The molecule has 34 heavy (non-hydrogen) atoms. The van der Waals surface area contributed by atoms with Gasteiger partial charge in [0.1, 0.15) is 0 Å². The van der Waals surface area contributed by atoms with E-state index in [1.165, 1.54) is 4.57 Å². The zero-order valence-corrected chi connectivity index (χ0v) is 18.8. The van der Waals surface area contributed by atoms with Crippen LogP contribution in [0.5, 0.6) is 11.5 Å². The summed E-state index contributed by atoms with van der Waals surface area (Å²) in [6.07, 6.45) is 2.29. The predicted molar refractivity (Wildman–Crippen MR) is 126 cm³/mol. The first-order chi connectivity index (χ1) is 16.6. The molecule has 0 spiro atoms. The average Bonchev–Trinajstić information content (AvgIpc) is 3.15. The third kappa shape index (κ3) is 3.89. The van der Waals surface area contributed by atoms with Crippen molar-refractivity contribution in [3.8, 4) is 11.5 Å². The van der Waals surface area contributed by atoms with Gasteiger partial charge in [-0.1, -0.05) is 30.3 Å². The summed E-state index contributed by atoms with van der Waals surface area (Å²) < 4.78 is 15.4. The molecular formula is C25H24N4O5. The molecular weight excluding hydrogens is 436 g/mol. The summed E-state index contributed by atoms with van der Waals surface area (Å²) in [5.41, 5.74) is 0.715. The van der Waals surface area contributed by atoms with Crippen LogP contribution in [-0.2, 0) is 19.6 Å². The van der Waals surface area contributed by atoms with E-state index in [0.717, 1.165) is 16.6 Å². The lowest BCUT2D eigenvalue weighted by molar-refractivity contribution is 0.0968. The average molecular weight is 460 g/mol. The number of aryl methyl sites for hydroxylation is 1. The van der Waals surface area contributed by atoms with E-state index in [2.05, 4.69) is 4.98 Å². The summed E-state index contributed by atoms with van der Waals surface area (Å²) in [5, 5.41) is 0. The van der Waals surface area contributed by atoms with Gasteiger partial charge in [0.25, 0.3) is 5.56 Å². The van der Waals surface area contributed by atoms with Crippen LogP contribution in [-0.4, -0.2) is 37.7 Å². The molecule has 2 aromatic heterocycles. The van der Waals surface area contributed by atoms with Crippen molar-refractivity contribution < 1.29 is 14.3 Å². The van der Waals surface area contributed by atoms with Crippen LogP contribution in [0.3, 0.4) is 0 Å². The van der Waals surface area contributed by atoms with Gasteiger partial charge in [0.2, 0.25) is 0 Å². The number of carbonyl (C=O) groups is 1. The fourth-order valence-corrected chi connectivity index (χ4v) is 4.10. The van der Waals surface area contributed by atoms with Crippen LogP contribution in [0.25, 0.3) is 11.2 Å². The van der Waals surface area contributed by atoms with Crippen molar-refractivity contribution in [3.63, 3.8) is 0 Å². The lowest BCUT2D eigenvalue weighted by Gasteiger charge is -2.13. The van der Waals surface area contributed by atoms with Crippen LogP contribution in [0.15, 0.2) is 64.4 Å². The van der Waals surface area contributed by atoms with Gasteiger partial charge in [-0.15, -0.1) is 0 Å². The molecule has 0 saturated heterocycles. The largest absolute Gasteiger partial charge is 0.490 e. The van der Waals surface area contributed by atoms with Crippen molar-refractivity contribution in [2.24, 2.45) is 0 Å². The SMILES string of the molecule is CCn1cnc2c1c(=O)n(CC(=O)c1ccc3c(c1)OCCCO3)c(=O)n2Cc1ccccc1. The van der Waals surface area contributed by atoms with Crippen molar-refractivity contribution in [1.29, 1.82) is 0 Å². The van der Waals surface area contributed by atoms with Crippen molar-refractivity contribution in [3.05, 3.63) is 86.8 Å². The van der Waals surface area contributed by atoms with Crippen molar-refractivity contribution >= 4 is 16.9 Å². The number of hydrogen-bond acceptors (Lipinski definition) is 6. The first-order valence-electron chi connectivity index (χ1n) is 11.2. The summed E-state index contributed by atoms with van der Waals surface area (Å²) in [6.45, 7) is 3.27. The van der Waals surface area contributed by atoms with E-state index in [0.29, 0.717) is 48.0 Å². The molecule has 4 aromatic rings. The number of fused-ring (bicyclic) bond motifs is 2. The van der Waals surface area contributed by atoms with Gasteiger partial charge in [-0.05, 0) is 30.7 Å². The van der Waals surface area contributed by atoms with Gasteiger partial charge < -0.3 is 14.0 Å². The fourth-order valence-electron chi connectivity index (χ4n) is 4.10.